The molecule has 7 heteroatoms. The Balaban J connectivity index is 2.97. The maximum absolute atomic E-state index is 11.4. The van der Waals surface area contributed by atoms with Crippen LogP contribution in [0.3, 0.4) is 0 Å². The van der Waals surface area contributed by atoms with Crippen molar-refractivity contribution in [2.24, 2.45) is 0 Å². The summed E-state index contributed by atoms with van der Waals surface area (Å²) in [6, 6.07) is 4.03. The van der Waals surface area contributed by atoms with Gasteiger partial charge >= 0.3 is 0 Å². The summed E-state index contributed by atoms with van der Waals surface area (Å²) >= 11 is 3.14. The van der Waals surface area contributed by atoms with Crippen LogP contribution in [0, 0.1) is 10.1 Å². The van der Waals surface area contributed by atoms with Gasteiger partial charge in [-0.05, 0) is 6.07 Å². The molecule has 0 bridgehead atoms. The van der Waals surface area contributed by atoms with E-state index in [-0.39, 0.29) is 18.0 Å². The molecule has 17 heavy (non-hydrogen) atoms. The van der Waals surface area contributed by atoms with Crippen molar-refractivity contribution in [2.45, 2.75) is 6.42 Å². The molecule has 0 aliphatic carbocycles. The molecular formula is C10H11BrN2O4. The second-order valence-electron chi connectivity index (χ2n) is 3.13. The number of ether oxygens (including phenoxy) is 1. The van der Waals surface area contributed by atoms with Crippen LogP contribution in [0.2, 0.25) is 0 Å². The van der Waals surface area contributed by atoms with Crippen LogP contribution in [0.4, 0.5) is 11.4 Å². The van der Waals surface area contributed by atoms with Crippen molar-refractivity contribution in [2.75, 3.05) is 17.8 Å². The minimum atomic E-state index is -0.528. The molecule has 0 saturated carbocycles. The molecule has 0 aliphatic rings. The van der Waals surface area contributed by atoms with E-state index in [1.165, 1.54) is 25.3 Å². The summed E-state index contributed by atoms with van der Waals surface area (Å²) in [6.45, 7) is 0. The van der Waals surface area contributed by atoms with E-state index in [9.17, 15) is 14.9 Å². The summed E-state index contributed by atoms with van der Waals surface area (Å²) in [4.78, 5) is 21.5. The summed E-state index contributed by atoms with van der Waals surface area (Å²) in [6.07, 6.45) is 0.284. The van der Waals surface area contributed by atoms with Crippen LogP contribution < -0.4 is 10.1 Å². The fourth-order valence-electron chi connectivity index (χ4n) is 1.21. The molecule has 1 rings (SSSR count). The van der Waals surface area contributed by atoms with Crippen molar-refractivity contribution in [3.63, 3.8) is 0 Å². The zero-order valence-corrected chi connectivity index (χ0v) is 10.7. The highest BCUT2D eigenvalue weighted by Gasteiger charge is 2.13. The van der Waals surface area contributed by atoms with Crippen molar-refractivity contribution in [3.8, 4) is 5.75 Å². The summed E-state index contributed by atoms with van der Waals surface area (Å²) in [5, 5.41) is 13.7. The Morgan fingerprint density at radius 2 is 2.29 bits per heavy atom. The van der Waals surface area contributed by atoms with Crippen molar-refractivity contribution in [1.82, 2.24) is 0 Å². The van der Waals surface area contributed by atoms with Crippen molar-refractivity contribution in [3.05, 3.63) is 28.3 Å². The second kappa shape index (κ2) is 6.19. The number of hydrogen-bond donors (Lipinski definition) is 1. The van der Waals surface area contributed by atoms with E-state index in [4.69, 9.17) is 4.74 Å². The first-order valence-corrected chi connectivity index (χ1v) is 5.89. The van der Waals surface area contributed by atoms with E-state index >= 15 is 0 Å². The van der Waals surface area contributed by atoms with Crippen LogP contribution in [0.5, 0.6) is 5.75 Å². The molecule has 1 N–H and O–H groups in total. The zero-order chi connectivity index (χ0) is 12.8. The van der Waals surface area contributed by atoms with E-state index in [1.807, 2.05) is 0 Å². The molecule has 6 nitrogen and oxygen atoms in total. The van der Waals surface area contributed by atoms with Crippen LogP contribution >= 0.6 is 15.9 Å². The molecule has 0 unspecified atom stereocenters. The van der Waals surface area contributed by atoms with Gasteiger partial charge in [-0.2, -0.15) is 0 Å². The number of carbonyl (C=O) groups is 1. The van der Waals surface area contributed by atoms with Crippen LogP contribution in [0.25, 0.3) is 0 Å². The maximum atomic E-state index is 11.4. The van der Waals surface area contributed by atoms with Gasteiger partial charge in [0.2, 0.25) is 5.91 Å². The number of carbonyl (C=O) groups excluding carboxylic acids is 1. The van der Waals surface area contributed by atoms with Gasteiger partial charge in [-0.15, -0.1) is 0 Å². The molecule has 0 heterocycles. The Hall–Kier alpha value is -1.63. The third kappa shape index (κ3) is 3.70. The van der Waals surface area contributed by atoms with Gasteiger partial charge in [0.1, 0.15) is 5.75 Å². The molecule has 1 aromatic carbocycles. The van der Waals surface area contributed by atoms with Gasteiger partial charge < -0.3 is 10.1 Å². The molecular weight excluding hydrogens is 292 g/mol. The fraction of sp³-hybridized carbons (Fsp3) is 0.300. The van der Waals surface area contributed by atoms with Gasteiger partial charge in [0.15, 0.2) is 0 Å². The fourth-order valence-corrected chi connectivity index (χ4v) is 1.57. The highest BCUT2D eigenvalue weighted by molar-refractivity contribution is 9.09. The molecule has 0 atom stereocenters. The lowest BCUT2D eigenvalue weighted by molar-refractivity contribution is -0.384. The number of non-ortho nitro benzene ring substituents is 1. The number of benzene rings is 1. The first kappa shape index (κ1) is 13.4. The number of halogens is 1. The molecule has 0 saturated heterocycles. The maximum Gasteiger partial charge on any atom is 0.271 e. The lowest BCUT2D eigenvalue weighted by atomic mass is 10.2. The van der Waals surface area contributed by atoms with E-state index in [1.54, 1.807) is 0 Å². The Kier molecular flexibility index (Phi) is 4.89. The molecule has 0 fully saturated rings. The topological polar surface area (TPSA) is 81.5 Å². The lowest BCUT2D eigenvalue weighted by Gasteiger charge is -2.09. The number of hydrogen-bond acceptors (Lipinski definition) is 4. The monoisotopic (exact) mass is 302 g/mol. The first-order valence-electron chi connectivity index (χ1n) is 4.76. The van der Waals surface area contributed by atoms with E-state index in [2.05, 4.69) is 21.2 Å². The van der Waals surface area contributed by atoms with Crippen LogP contribution in [-0.4, -0.2) is 23.3 Å². The quantitative estimate of drug-likeness (QED) is 0.514. The predicted molar refractivity (Wildman–Crippen MR) is 66.7 cm³/mol. The molecule has 1 amide bonds. The van der Waals surface area contributed by atoms with Crippen LogP contribution in [-0.2, 0) is 4.79 Å². The van der Waals surface area contributed by atoms with Crippen molar-refractivity contribution in [1.29, 1.82) is 0 Å². The smallest absolute Gasteiger partial charge is 0.271 e. The number of anilines is 1. The Labute approximate surface area is 106 Å². The molecule has 1 aromatic rings. The van der Waals surface area contributed by atoms with E-state index in [0.29, 0.717) is 16.8 Å². The largest absolute Gasteiger partial charge is 0.495 e. The van der Waals surface area contributed by atoms with Gasteiger partial charge in [-0.25, -0.2) is 0 Å². The predicted octanol–water partition coefficient (Wildman–Crippen LogP) is 2.33. The minimum absolute atomic E-state index is 0.0973. The van der Waals surface area contributed by atoms with Gasteiger partial charge in [-0.3, -0.25) is 14.9 Å². The molecule has 92 valence electrons. The molecule has 0 aliphatic heterocycles. The number of methoxy groups -OCH3 is 1. The first-order chi connectivity index (χ1) is 8.08. The van der Waals surface area contributed by atoms with E-state index in [0.717, 1.165) is 0 Å². The zero-order valence-electron chi connectivity index (χ0n) is 9.10. The van der Waals surface area contributed by atoms with Gasteiger partial charge in [0.05, 0.1) is 17.7 Å². The number of nitro benzene ring substituents is 1. The average Bonchev–Trinajstić information content (AvgIpc) is 2.29. The summed E-state index contributed by atoms with van der Waals surface area (Å²) in [5.41, 5.74) is 0.201. The number of nitrogens with one attached hydrogen (secondary N) is 1. The average molecular weight is 303 g/mol. The Morgan fingerprint density at radius 3 is 2.82 bits per heavy atom. The molecule has 0 radical (unpaired) electrons. The number of nitrogens with zero attached hydrogens (tertiary/aromatic N) is 1. The number of alkyl halides is 1. The summed E-state index contributed by atoms with van der Waals surface area (Å²) in [7, 11) is 1.43. The third-order valence-electron chi connectivity index (χ3n) is 1.99. The van der Waals surface area contributed by atoms with Gasteiger partial charge in [0.25, 0.3) is 5.69 Å². The number of amides is 1. The SMILES string of the molecule is COc1ccc([N+](=O)[O-])cc1NC(=O)CCBr. The number of rotatable bonds is 5. The van der Waals surface area contributed by atoms with Crippen molar-refractivity contribution >= 4 is 33.2 Å². The summed E-state index contributed by atoms with van der Waals surface area (Å²) in [5.74, 6) is 0.152. The second-order valence-corrected chi connectivity index (χ2v) is 3.92. The van der Waals surface area contributed by atoms with Gasteiger partial charge in [0, 0.05) is 23.9 Å². The Morgan fingerprint density at radius 1 is 1.59 bits per heavy atom. The van der Waals surface area contributed by atoms with Crippen molar-refractivity contribution < 1.29 is 14.5 Å². The highest BCUT2D eigenvalue weighted by Crippen LogP contribution is 2.28. The van der Waals surface area contributed by atoms with Crippen LogP contribution in [0.15, 0.2) is 18.2 Å². The minimum Gasteiger partial charge on any atom is -0.495 e. The standard InChI is InChI=1S/C10H11BrN2O4/c1-17-9-3-2-7(13(15)16)6-8(9)12-10(14)4-5-11/h2-3,6H,4-5H2,1H3,(H,12,14). The lowest BCUT2D eigenvalue weighted by Crippen LogP contribution is -2.12. The van der Waals surface area contributed by atoms with E-state index < -0.39 is 4.92 Å². The van der Waals surface area contributed by atoms with Gasteiger partial charge in [-0.1, -0.05) is 15.9 Å². The third-order valence-corrected chi connectivity index (χ3v) is 2.39. The Bertz CT molecular complexity index is 436. The van der Waals surface area contributed by atoms with Crippen LogP contribution in [0.1, 0.15) is 6.42 Å². The molecule has 0 aromatic heterocycles. The number of nitro groups is 1. The highest BCUT2D eigenvalue weighted by atomic mass is 79.9. The normalized spacial score (nSPS) is 9.76. The summed E-state index contributed by atoms with van der Waals surface area (Å²) < 4.78 is 5.01. The molecule has 0 spiro atoms.